The Kier molecular flexibility index (Phi) is 5.92. The molecule has 7 heteroatoms. The first kappa shape index (κ1) is 17.5. The number of hydrogen-bond acceptors (Lipinski definition) is 3. The Hall–Kier alpha value is -2.86. The molecule has 0 bridgehead atoms. The van der Waals surface area contributed by atoms with Crippen LogP contribution in [0.5, 0.6) is 0 Å². The molecule has 3 N–H and O–H groups in total. The highest BCUT2D eigenvalue weighted by Gasteiger charge is 2.13. The van der Waals surface area contributed by atoms with Crippen molar-refractivity contribution in [3.63, 3.8) is 0 Å². The highest BCUT2D eigenvalue weighted by atomic mass is 35.5. The first-order valence-electron chi connectivity index (χ1n) is 7.16. The van der Waals surface area contributed by atoms with E-state index in [0.29, 0.717) is 16.4 Å². The van der Waals surface area contributed by atoms with E-state index in [-0.39, 0.29) is 12.5 Å². The molecule has 6 nitrogen and oxygen atoms in total. The molecule has 3 amide bonds. The van der Waals surface area contributed by atoms with Crippen molar-refractivity contribution in [3.05, 3.63) is 59.1 Å². The van der Waals surface area contributed by atoms with Crippen molar-refractivity contribution in [2.45, 2.75) is 13.5 Å². The second-order valence-corrected chi connectivity index (χ2v) is 5.39. The molecule has 2 aromatic rings. The monoisotopic (exact) mass is 345 g/mol. The quantitative estimate of drug-likeness (QED) is 0.744. The van der Waals surface area contributed by atoms with Crippen LogP contribution >= 0.6 is 11.6 Å². The zero-order valence-corrected chi connectivity index (χ0v) is 13.7. The Morgan fingerprint density at radius 1 is 0.875 bits per heavy atom. The van der Waals surface area contributed by atoms with E-state index in [1.165, 1.54) is 6.92 Å². The van der Waals surface area contributed by atoms with Gasteiger partial charge < -0.3 is 16.0 Å². The summed E-state index contributed by atoms with van der Waals surface area (Å²) in [5.74, 6) is -1.74. The highest BCUT2D eigenvalue weighted by molar-refractivity contribution is 6.39. The average molecular weight is 346 g/mol. The third-order valence-electron chi connectivity index (χ3n) is 3.07. The molecular weight excluding hydrogens is 330 g/mol. The molecule has 0 aliphatic carbocycles. The molecule has 24 heavy (non-hydrogen) atoms. The molecule has 2 rings (SSSR count). The van der Waals surface area contributed by atoms with Gasteiger partial charge in [-0.15, -0.1) is 0 Å². The van der Waals surface area contributed by atoms with Crippen LogP contribution in [0.1, 0.15) is 12.5 Å². The number of carbonyl (C=O) groups is 3. The van der Waals surface area contributed by atoms with Gasteiger partial charge in [0.15, 0.2) is 0 Å². The lowest BCUT2D eigenvalue weighted by atomic mass is 10.2. The Bertz CT molecular complexity index is 760. The lowest BCUT2D eigenvalue weighted by Crippen LogP contribution is -2.35. The third kappa shape index (κ3) is 5.10. The van der Waals surface area contributed by atoms with Crippen molar-refractivity contribution in [2.75, 3.05) is 10.6 Å². The van der Waals surface area contributed by atoms with E-state index in [2.05, 4.69) is 16.0 Å². The van der Waals surface area contributed by atoms with E-state index in [9.17, 15) is 14.4 Å². The van der Waals surface area contributed by atoms with Gasteiger partial charge in [-0.1, -0.05) is 29.8 Å². The molecular formula is C17H16ClN3O3. The molecule has 0 atom stereocenters. The van der Waals surface area contributed by atoms with Crippen LogP contribution < -0.4 is 16.0 Å². The van der Waals surface area contributed by atoms with Crippen LogP contribution in [0.3, 0.4) is 0 Å². The maximum Gasteiger partial charge on any atom is 0.313 e. The Labute approximate surface area is 144 Å². The number of halogens is 1. The summed E-state index contributed by atoms with van der Waals surface area (Å²) in [7, 11) is 0. The molecule has 0 saturated heterocycles. The van der Waals surface area contributed by atoms with Crippen LogP contribution in [0, 0.1) is 0 Å². The lowest BCUT2D eigenvalue weighted by Gasteiger charge is -2.08. The van der Waals surface area contributed by atoms with Crippen molar-refractivity contribution in [2.24, 2.45) is 0 Å². The van der Waals surface area contributed by atoms with Crippen LogP contribution in [0.15, 0.2) is 48.5 Å². The number of anilines is 2. The minimum atomic E-state index is -0.783. The Balaban J connectivity index is 1.88. The zero-order valence-electron chi connectivity index (χ0n) is 12.9. The van der Waals surface area contributed by atoms with Gasteiger partial charge >= 0.3 is 11.8 Å². The van der Waals surface area contributed by atoms with Crippen molar-refractivity contribution < 1.29 is 14.4 Å². The molecule has 2 aromatic carbocycles. The van der Waals surface area contributed by atoms with Gasteiger partial charge in [-0.2, -0.15) is 0 Å². The second-order valence-electron chi connectivity index (χ2n) is 4.99. The van der Waals surface area contributed by atoms with Crippen molar-refractivity contribution in [1.82, 2.24) is 5.32 Å². The van der Waals surface area contributed by atoms with E-state index in [1.54, 1.807) is 48.5 Å². The summed E-state index contributed by atoms with van der Waals surface area (Å²) < 4.78 is 0. The van der Waals surface area contributed by atoms with E-state index < -0.39 is 11.8 Å². The normalized spacial score (nSPS) is 9.92. The molecule has 0 unspecified atom stereocenters. The van der Waals surface area contributed by atoms with Crippen LogP contribution in [0.2, 0.25) is 5.02 Å². The Morgan fingerprint density at radius 2 is 1.46 bits per heavy atom. The molecule has 124 valence electrons. The summed E-state index contributed by atoms with van der Waals surface area (Å²) in [6.07, 6.45) is 0. The van der Waals surface area contributed by atoms with Gasteiger partial charge in [0.05, 0.1) is 0 Å². The molecule has 0 heterocycles. The van der Waals surface area contributed by atoms with Gasteiger partial charge in [0.2, 0.25) is 5.91 Å². The SMILES string of the molecule is CC(=O)Nc1ccc(NC(=O)C(=O)NCc2ccccc2Cl)cc1. The topological polar surface area (TPSA) is 87.3 Å². The van der Waals surface area contributed by atoms with Gasteiger partial charge in [0, 0.05) is 29.9 Å². The summed E-state index contributed by atoms with van der Waals surface area (Å²) in [4.78, 5) is 34.6. The number of benzene rings is 2. The summed E-state index contributed by atoms with van der Waals surface area (Å²) in [6, 6.07) is 13.5. The molecule has 0 spiro atoms. The molecule has 0 aliphatic heterocycles. The molecule has 0 aromatic heterocycles. The summed E-state index contributed by atoms with van der Waals surface area (Å²) in [6.45, 7) is 1.56. The summed E-state index contributed by atoms with van der Waals surface area (Å²) >= 11 is 5.99. The first-order valence-corrected chi connectivity index (χ1v) is 7.54. The number of amides is 3. The van der Waals surface area contributed by atoms with Gasteiger partial charge in [-0.25, -0.2) is 0 Å². The number of carbonyl (C=O) groups excluding carboxylic acids is 3. The van der Waals surface area contributed by atoms with Crippen LogP contribution in [0.4, 0.5) is 11.4 Å². The van der Waals surface area contributed by atoms with Crippen molar-refractivity contribution in [3.8, 4) is 0 Å². The standard InChI is InChI=1S/C17H16ClN3O3/c1-11(22)20-13-6-8-14(9-7-13)21-17(24)16(23)19-10-12-4-2-3-5-15(12)18/h2-9H,10H2,1H3,(H,19,23)(H,20,22)(H,21,24). The minimum absolute atomic E-state index is 0.160. The number of hydrogen-bond donors (Lipinski definition) is 3. The van der Waals surface area contributed by atoms with Crippen LogP contribution in [-0.2, 0) is 20.9 Å². The van der Waals surface area contributed by atoms with E-state index in [1.807, 2.05) is 0 Å². The molecule has 0 fully saturated rings. The smallest absolute Gasteiger partial charge is 0.313 e. The third-order valence-corrected chi connectivity index (χ3v) is 3.44. The van der Waals surface area contributed by atoms with E-state index >= 15 is 0 Å². The first-order chi connectivity index (χ1) is 11.5. The number of nitrogens with one attached hydrogen (secondary N) is 3. The highest BCUT2D eigenvalue weighted by Crippen LogP contribution is 2.15. The van der Waals surface area contributed by atoms with E-state index in [0.717, 1.165) is 5.56 Å². The number of rotatable bonds is 4. The molecule has 0 radical (unpaired) electrons. The van der Waals surface area contributed by atoms with Crippen molar-refractivity contribution in [1.29, 1.82) is 0 Å². The van der Waals surface area contributed by atoms with Gasteiger partial charge in [0.25, 0.3) is 0 Å². The van der Waals surface area contributed by atoms with Gasteiger partial charge in [-0.05, 0) is 35.9 Å². The minimum Gasteiger partial charge on any atom is -0.344 e. The largest absolute Gasteiger partial charge is 0.344 e. The average Bonchev–Trinajstić information content (AvgIpc) is 2.55. The lowest BCUT2D eigenvalue weighted by molar-refractivity contribution is -0.136. The predicted octanol–water partition coefficient (Wildman–Crippen LogP) is 2.55. The van der Waals surface area contributed by atoms with Gasteiger partial charge in [0.1, 0.15) is 0 Å². The van der Waals surface area contributed by atoms with Crippen LogP contribution in [-0.4, -0.2) is 17.7 Å². The molecule has 0 saturated carbocycles. The fraction of sp³-hybridized carbons (Fsp3) is 0.118. The Morgan fingerprint density at radius 3 is 2.04 bits per heavy atom. The van der Waals surface area contributed by atoms with E-state index in [4.69, 9.17) is 11.6 Å². The fourth-order valence-electron chi connectivity index (χ4n) is 1.93. The van der Waals surface area contributed by atoms with Crippen LogP contribution in [0.25, 0.3) is 0 Å². The summed E-state index contributed by atoms with van der Waals surface area (Å²) in [5.41, 5.74) is 1.77. The zero-order chi connectivity index (χ0) is 17.5. The maximum atomic E-state index is 11.9. The van der Waals surface area contributed by atoms with Gasteiger partial charge in [-0.3, -0.25) is 14.4 Å². The maximum absolute atomic E-state index is 11.9. The summed E-state index contributed by atoms with van der Waals surface area (Å²) in [5, 5.41) is 8.11. The molecule has 0 aliphatic rings. The fourth-order valence-corrected chi connectivity index (χ4v) is 2.13. The predicted molar refractivity (Wildman–Crippen MR) is 92.7 cm³/mol. The second kappa shape index (κ2) is 8.12. The van der Waals surface area contributed by atoms with Crippen molar-refractivity contribution >= 4 is 40.7 Å².